The Labute approximate surface area is 97.5 Å². The maximum Gasteiger partial charge on any atom is 0.353 e. The van der Waals surface area contributed by atoms with Crippen LogP contribution in [0.2, 0.25) is 0 Å². The molecule has 1 unspecified atom stereocenters. The van der Waals surface area contributed by atoms with Crippen molar-refractivity contribution < 1.29 is 14.9 Å². The van der Waals surface area contributed by atoms with Crippen LogP contribution in [0.3, 0.4) is 0 Å². The van der Waals surface area contributed by atoms with Crippen LogP contribution in [0.15, 0.2) is 11.1 Å². The molecule has 0 aliphatic carbocycles. The van der Waals surface area contributed by atoms with E-state index in [-0.39, 0.29) is 19.0 Å². The lowest BCUT2D eigenvalue weighted by molar-refractivity contribution is -0.0700. The van der Waals surface area contributed by atoms with Crippen LogP contribution in [0.4, 0.5) is 5.95 Å². The lowest BCUT2D eigenvalue weighted by atomic mass is 9.87. The summed E-state index contributed by atoms with van der Waals surface area (Å²) < 4.78 is 6.61. The number of hydrogen-bond acceptors (Lipinski definition) is 7. The van der Waals surface area contributed by atoms with Crippen LogP contribution in [0.25, 0.3) is 0 Å². The zero-order valence-electron chi connectivity index (χ0n) is 9.28. The van der Waals surface area contributed by atoms with Crippen LogP contribution >= 0.6 is 0 Å². The number of aliphatic hydroxyl groups excluding tert-OH is 2. The lowest BCUT2D eigenvalue weighted by Gasteiger charge is -2.26. The minimum atomic E-state index is -1.07. The molecule has 1 aromatic heterocycles. The van der Waals surface area contributed by atoms with E-state index in [1.54, 1.807) is 7.85 Å². The van der Waals surface area contributed by atoms with E-state index in [1.165, 1.54) is 6.33 Å². The molecule has 1 saturated heterocycles. The first kappa shape index (κ1) is 12.0. The molecule has 3 atom stereocenters. The summed E-state index contributed by atoms with van der Waals surface area (Å²) in [6.07, 6.45) is -0.165. The van der Waals surface area contributed by atoms with Crippen LogP contribution in [-0.4, -0.2) is 51.4 Å². The van der Waals surface area contributed by atoms with Gasteiger partial charge in [0.05, 0.1) is 12.7 Å². The van der Waals surface area contributed by atoms with Gasteiger partial charge < -0.3 is 20.7 Å². The van der Waals surface area contributed by atoms with Crippen LogP contribution in [-0.2, 0) is 10.4 Å². The molecule has 4 N–H and O–H groups in total. The summed E-state index contributed by atoms with van der Waals surface area (Å²) in [5.41, 5.74) is 3.61. The highest BCUT2D eigenvalue weighted by Crippen LogP contribution is 2.30. The van der Waals surface area contributed by atoms with Crippen LogP contribution < -0.4 is 11.4 Å². The fourth-order valence-corrected chi connectivity index (χ4v) is 1.96. The van der Waals surface area contributed by atoms with Gasteiger partial charge >= 0.3 is 5.69 Å². The SMILES string of the molecule is BC1(n2cnc(N)nc2=O)C[C@@H](O)[C@@H](CO)O1. The molecule has 0 bridgehead atoms. The van der Waals surface area contributed by atoms with Crippen LogP contribution in [0.5, 0.6) is 0 Å². The number of aliphatic hydroxyl groups is 2. The minimum absolute atomic E-state index is 0.118. The van der Waals surface area contributed by atoms with Crippen molar-refractivity contribution in [3.8, 4) is 0 Å². The van der Waals surface area contributed by atoms with Crippen LogP contribution in [0, 0.1) is 0 Å². The number of nitrogens with zero attached hydrogens (tertiary/aromatic N) is 3. The highest BCUT2D eigenvalue weighted by atomic mass is 16.6. The van der Waals surface area contributed by atoms with Gasteiger partial charge in [0, 0.05) is 6.42 Å². The molecule has 1 aromatic rings. The first-order valence-corrected chi connectivity index (χ1v) is 5.14. The van der Waals surface area contributed by atoms with Gasteiger partial charge in [-0.3, -0.25) is 4.57 Å². The molecule has 0 amide bonds. The Morgan fingerprint density at radius 3 is 3.00 bits per heavy atom. The summed E-state index contributed by atoms with van der Waals surface area (Å²) in [5.74, 6) is -0.118. The van der Waals surface area contributed by atoms with Crippen molar-refractivity contribution in [1.82, 2.24) is 14.5 Å². The summed E-state index contributed by atoms with van der Waals surface area (Å²) in [7, 11) is 1.62. The maximum atomic E-state index is 11.6. The summed E-state index contributed by atoms with van der Waals surface area (Å²) in [6, 6.07) is 0. The van der Waals surface area contributed by atoms with E-state index in [2.05, 4.69) is 9.97 Å². The normalized spacial score (nSPS) is 32.8. The predicted molar refractivity (Wildman–Crippen MR) is 59.8 cm³/mol. The van der Waals surface area contributed by atoms with E-state index in [9.17, 15) is 9.90 Å². The van der Waals surface area contributed by atoms with Gasteiger partial charge in [-0.15, -0.1) is 0 Å². The van der Waals surface area contributed by atoms with Gasteiger partial charge in [0.15, 0.2) is 7.85 Å². The van der Waals surface area contributed by atoms with E-state index in [0.29, 0.717) is 0 Å². The molecule has 17 heavy (non-hydrogen) atoms. The molecule has 0 aromatic carbocycles. The topological polar surface area (TPSA) is 123 Å². The summed E-state index contributed by atoms with van der Waals surface area (Å²) >= 11 is 0. The number of aromatic nitrogens is 3. The maximum absolute atomic E-state index is 11.6. The third-order valence-electron chi connectivity index (χ3n) is 2.83. The van der Waals surface area contributed by atoms with Crippen molar-refractivity contribution in [3.63, 3.8) is 0 Å². The van der Waals surface area contributed by atoms with Crippen molar-refractivity contribution in [2.45, 2.75) is 24.3 Å². The average Bonchev–Trinajstić information content (AvgIpc) is 2.54. The largest absolute Gasteiger partial charge is 0.394 e. The van der Waals surface area contributed by atoms with E-state index in [1.807, 2.05) is 0 Å². The Morgan fingerprint density at radius 2 is 2.47 bits per heavy atom. The molecule has 92 valence electrons. The van der Waals surface area contributed by atoms with Gasteiger partial charge in [-0.25, -0.2) is 9.78 Å². The smallest absolute Gasteiger partial charge is 0.353 e. The number of rotatable bonds is 2. The van der Waals surface area contributed by atoms with Gasteiger partial charge in [-0.1, -0.05) is 0 Å². The quantitative estimate of drug-likeness (QED) is 0.460. The third kappa shape index (κ3) is 2.04. The molecule has 9 heteroatoms. The number of ether oxygens (including phenoxy) is 1. The zero-order valence-corrected chi connectivity index (χ0v) is 9.28. The highest BCUT2D eigenvalue weighted by Gasteiger charge is 2.44. The van der Waals surface area contributed by atoms with E-state index in [0.717, 1.165) is 4.57 Å². The molecular formula is C8H13BN4O4. The standard InChI is InChI=1S/C8H13BN4O4/c9-8(1-4(15)5(2-14)17-8)13-3-11-6(10)12-7(13)16/h3-5,14-15H,1-2,9H2,(H2,10,12,16)/t4-,5-,8?/m1/s1. The van der Waals surface area contributed by atoms with Gasteiger partial charge in [-0.2, -0.15) is 4.98 Å². The zero-order chi connectivity index (χ0) is 12.6. The van der Waals surface area contributed by atoms with Gasteiger partial charge in [-0.05, 0) is 0 Å². The van der Waals surface area contributed by atoms with Gasteiger partial charge in [0.2, 0.25) is 5.95 Å². The van der Waals surface area contributed by atoms with E-state index in [4.69, 9.17) is 15.6 Å². The fraction of sp³-hybridized carbons (Fsp3) is 0.625. The monoisotopic (exact) mass is 240 g/mol. The Hall–Kier alpha value is -1.45. The van der Waals surface area contributed by atoms with E-state index >= 15 is 0 Å². The summed E-state index contributed by atoms with van der Waals surface area (Å²) in [5, 5.41) is 18.7. The number of nitrogen functional groups attached to an aromatic ring is 1. The highest BCUT2D eigenvalue weighted by molar-refractivity contribution is 6.12. The first-order chi connectivity index (χ1) is 7.96. The van der Waals surface area contributed by atoms with Crippen molar-refractivity contribution in [1.29, 1.82) is 0 Å². The Kier molecular flexibility index (Phi) is 2.90. The number of anilines is 1. The number of nitrogens with two attached hydrogens (primary N) is 1. The molecule has 1 aliphatic heterocycles. The van der Waals surface area contributed by atoms with Crippen molar-refractivity contribution >= 4 is 13.8 Å². The molecule has 1 aliphatic rings. The molecular weight excluding hydrogens is 227 g/mol. The Bertz CT molecular complexity index is 481. The molecule has 0 spiro atoms. The molecule has 0 radical (unpaired) electrons. The first-order valence-electron chi connectivity index (χ1n) is 5.14. The fourth-order valence-electron chi connectivity index (χ4n) is 1.96. The van der Waals surface area contributed by atoms with Crippen molar-refractivity contribution in [2.75, 3.05) is 12.3 Å². The summed E-state index contributed by atoms with van der Waals surface area (Å²) in [4.78, 5) is 18.8. The number of hydrogen-bond donors (Lipinski definition) is 3. The van der Waals surface area contributed by atoms with Crippen LogP contribution in [0.1, 0.15) is 6.42 Å². The second-order valence-electron chi connectivity index (χ2n) is 4.15. The lowest BCUT2D eigenvalue weighted by Crippen LogP contribution is -2.43. The molecule has 2 heterocycles. The third-order valence-corrected chi connectivity index (χ3v) is 2.83. The Morgan fingerprint density at radius 1 is 1.76 bits per heavy atom. The average molecular weight is 240 g/mol. The molecule has 2 rings (SSSR count). The van der Waals surface area contributed by atoms with Crippen molar-refractivity contribution in [3.05, 3.63) is 16.8 Å². The summed E-state index contributed by atoms with van der Waals surface area (Å²) in [6.45, 7) is -0.318. The predicted octanol–water partition coefficient (Wildman–Crippen LogP) is -3.39. The van der Waals surface area contributed by atoms with Gasteiger partial charge in [0.25, 0.3) is 0 Å². The Balaban J connectivity index is 2.37. The molecule has 0 saturated carbocycles. The molecule has 1 fully saturated rings. The second kappa shape index (κ2) is 4.10. The van der Waals surface area contributed by atoms with Gasteiger partial charge in [0.1, 0.15) is 18.1 Å². The van der Waals surface area contributed by atoms with Crippen molar-refractivity contribution in [2.24, 2.45) is 0 Å². The van der Waals surface area contributed by atoms with E-state index < -0.39 is 23.5 Å². The minimum Gasteiger partial charge on any atom is -0.394 e. The molecule has 8 nitrogen and oxygen atoms in total. The second-order valence-corrected chi connectivity index (χ2v) is 4.15.